The third-order valence-electron chi connectivity index (χ3n) is 3.76. The van der Waals surface area contributed by atoms with Gasteiger partial charge in [0.15, 0.2) is 0 Å². The minimum absolute atomic E-state index is 0.0500. The zero-order chi connectivity index (χ0) is 14.4. The Balaban J connectivity index is 1.64. The van der Waals surface area contributed by atoms with Crippen molar-refractivity contribution in [2.75, 3.05) is 19.6 Å². The molecule has 2 N–H and O–H groups in total. The third-order valence-corrected chi connectivity index (χ3v) is 4.99. The number of carbonyl (C=O) groups excluding carboxylic acids is 1. The highest BCUT2D eigenvalue weighted by Crippen LogP contribution is 2.17. The second-order valence-electron chi connectivity index (χ2n) is 5.37. The van der Waals surface area contributed by atoms with Crippen molar-refractivity contribution in [3.8, 4) is 0 Å². The molecule has 112 valence electrons. The molecular formula is C14H22ClN3OS. The maximum absolute atomic E-state index is 11.2. The Kier molecular flexibility index (Phi) is 6.26. The molecule has 6 heteroatoms. The van der Waals surface area contributed by atoms with Crippen molar-refractivity contribution in [1.29, 1.82) is 0 Å². The largest absolute Gasteiger partial charge is 0.369 e. The quantitative estimate of drug-likeness (QED) is 0.621. The Hall–Kier alpha value is -0.650. The van der Waals surface area contributed by atoms with Gasteiger partial charge >= 0.3 is 0 Å². The van der Waals surface area contributed by atoms with E-state index in [0.717, 1.165) is 57.4 Å². The molecule has 1 aliphatic heterocycles. The number of piperidine rings is 1. The lowest BCUT2D eigenvalue weighted by Crippen LogP contribution is -2.41. The van der Waals surface area contributed by atoms with Crippen LogP contribution in [-0.4, -0.2) is 35.4 Å². The number of hydrogen-bond donors (Lipinski definition) is 1. The average molecular weight is 316 g/mol. The summed E-state index contributed by atoms with van der Waals surface area (Å²) < 4.78 is 0. The number of likely N-dealkylation sites (tertiary alicyclic amines) is 1. The lowest BCUT2D eigenvalue weighted by atomic mass is 9.97. The summed E-state index contributed by atoms with van der Waals surface area (Å²) in [7, 11) is 0. The number of carbonyl (C=O) groups is 1. The van der Waals surface area contributed by atoms with E-state index in [1.165, 1.54) is 5.01 Å². The fourth-order valence-electron chi connectivity index (χ4n) is 2.63. The minimum Gasteiger partial charge on any atom is -0.369 e. The van der Waals surface area contributed by atoms with E-state index in [4.69, 9.17) is 17.3 Å². The van der Waals surface area contributed by atoms with Gasteiger partial charge < -0.3 is 10.6 Å². The summed E-state index contributed by atoms with van der Waals surface area (Å²) in [6, 6.07) is 0. The van der Waals surface area contributed by atoms with Gasteiger partial charge in [-0.15, -0.1) is 22.9 Å². The average Bonchev–Trinajstić information content (AvgIpc) is 2.92. The van der Waals surface area contributed by atoms with Crippen molar-refractivity contribution in [3.63, 3.8) is 0 Å². The van der Waals surface area contributed by atoms with E-state index in [-0.39, 0.29) is 11.8 Å². The molecule has 1 fully saturated rings. The number of primary amides is 1. The Bertz CT molecular complexity index is 438. The number of amides is 1. The van der Waals surface area contributed by atoms with Gasteiger partial charge in [-0.05, 0) is 45.2 Å². The van der Waals surface area contributed by atoms with Crippen molar-refractivity contribution in [3.05, 3.63) is 16.1 Å². The molecule has 20 heavy (non-hydrogen) atoms. The highest BCUT2D eigenvalue weighted by molar-refractivity contribution is 7.09. The molecule has 1 atom stereocenters. The molecule has 1 amide bonds. The van der Waals surface area contributed by atoms with Crippen LogP contribution in [-0.2, 0) is 17.1 Å². The van der Waals surface area contributed by atoms with Crippen molar-refractivity contribution in [2.24, 2.45) is 11.7 Å². The van der Waals surface area contributed by atoms with Crippen LogP contribution < -0.4 is 5.73 Å². The first-order valence-electron chi connectivity index (χ1n) is 7.20. The molecule has 4 nitrogen and oxygen atoms in total. The molecular weight excluding hydrogens is 294 g/mol. The second kappa shape index (κ2) is 7.96. The van der Waals surface area contributed by atoms with Gasteiger partial charge in [0.1, 0.15) is 0 Å². The lowest BCUT2D eigenvalue weighted by molar-refractivity contribution is -0.123. The first kappa shape index (κ1) is 15.7. The van der Waals surface area contributed by atoms with Crippen molar-refractivity contribution in [2.45, 2.75) is 38.0 Å². The van der Waals surface area contributed by atoms with Crippen LogP contribution in [0.4, 0.5) is 0 Å². The number of aromatic nitrogens is 1. The summed E-state index contributed by atoms with van der Waals surface area (Å²) in [5.41, 5.74) is 6.37. The van der Waals surface area contributed by atoms with Crippen LogP contribution in [0.5, 0.6) is 0 Å². The van der Waals surface area contributed by atoms with E-state index < -0.39 is 0 Å². The monoisotopic (exact) mass is 315 g/mol. The van der Waals surface area contributed by atoms with Crippen LogP contribution in [0.25, 0.3) is 0 Å². The molecule has 0 saturated carbocycles. The molecule has 0 radical (unpaired) electrons. The molecule has 0 spiro atoms. The van der Waals surface area contributed by atoms with Crippen molar-refractivity contribution in [1.82, 2.24) is 9.88 Å². The smallest absolute Gasteiger partial charge is 0.221 e. The van der Waals surface area contributed by atoms with Crippen LogP contribution in [0.1, 0.15) is 36.4 Å². The highest BCUT2D eigenvalue weighted by atomic mass is 35.5. The fourth-order valence-corrected chi connectivity index (χ4v) is 3.70. The molecule has 0 aliphatic carbocycles. The van der Waals surface area contributed by atoms with Crippen molar-refractivity contribution >= 4 is 28.8 Å². The second-order valence-corrected chi connectivity index (χ2v) is 6.58. The van der Waals surface area contributed by atoms with Crippen molar-refractivity contribution < 1.29 is 4.79 Å². The number of nitrogens with two attached hydrogens (primary N) is 1. The van der Waals surface area contributed by atoms with Crippen LogP contribution in [0.2, 0.25) is 0 Å². The zero-order valence-electron chi connectivity index (χ0n) is 11.7. The summed E-state index contributed by atoms with van der Waals surface area (Å²) in [5, 5.41) is 3.21. The van der Waals surface area contributed by atoms with Crippen LogP contribution in [0.15, 0.2) is 5.38 Å². The fraction of sp³-hybridized carbons (Fsp3) is 0.714. The van der Waals surface area contributed by atoms with Crippen LogP contribution in [0.3, 0.4) is 0 Å². The van der Waals surface area contributed by atoms with Crippen LogP contribution in [0, 0.1) is 5.92 Å². The van der Waals surface area contributed by atoms with Gasteiger partial charge in [-0.25, -0.2) is 4.98 Å². The lowest BCUT2D eigenvalue weighted by Gasteiger charge is -2.31. The number of aryl methyl sites for hydroxylation is 1. The zero-order valence-corrected chi connectivity index (χ0v) is 13.3. The van der Waals surface area contributed by atoms with E-state index in [2.05, 4.69) is 9.88 Å². The molecule has 2 heterocycles. The molecule has 0 bridgehead atoms. The molecule has 1 aromatic rings. The maximum Gasteiger partial charge on any atom is 0.221 e. The van der Waals surface area contributed by atoms with Gasteiger partial charge in [-0.2, -0.15) is 0 Å². The number of hydrogen-bond acceptors (Lipinski definition) is 4. The minimum atomic E-state index is -0.147. The summed E-state index contributed by atoms with van der Waals surface area (Å²) >= 11 is 7.44. The van der Waals surface area contributed by atoms with Gasteiger partial charge in [0, 0.05) is 11.9 Å². The third kappa shape index (κ3) is 4.72. The Morgan fingerprint density at radius 3 is 3.10 bits per heavy atom. The highest BCUT2D eigenvalue weighted by Gasteiger charge is 2.23. The van der Waals surface area contributed by atoms with Gasteiger partial charge in [-0.1, -0.05) is 0 Å². The van der Waals surface area contributed by atoms with E-state index in [0.29, 0.717) is 5.88 Å². The van der Waals surface area contributed by atoms with Gasteiger partial charge in [0.25, 0.3) is 0 Å². The normalized spacial score (nSPS) is 20.1. The van der Waals surface area contributed by atoms with E-state index >= 15 is 0 Å². The summed E-state index contributed by atoms with van der Waals surface area (Å²) in [6.07, 6.45) is 5.33. The molecule has 1 aliphatic rings. The van der Waals surface area contributed by atoms with E-state index in [1.807, 2.05) is 5.38 Å². The molecule has 0 aromatic carbocycles. The molecule has 1 aromatic heterocycles. The predicted octanol–water partition coefficient (Wildman–Crippen LogP) is 2.40. The Morgan fingerprint density at radius 2 is 2.40 bits per heavy atom. The maximum atomic E-state index is 11.2. The first-order chi connectivity index (χ1) is 9.69. The number of nitrogens with zero attached hydrogens (tertiary/aromatic N) is 2. The van der Waals surface area contributed by atoms with E-state index in [1.54, 1.807) is 11.3 Å². The summed E-state index contributed by atoms with van der Waals surface area (Å²) in [5.74, 6) is 0.402. The summed E-state index contributed by atoms with van der Waals surface area (Å²) in [4.78, 5) is 18.0. The number of alkyl halides is 1. The van der Waals surface area contributed by atoms with Crippen LogP contribution >= 0.6 is 22.9 Å². The standard InChI is InChI=1S/C14H22ClN3OS/c15-8-12-10-20-13(17-12)5-1-2-6-18-7-3-4-11(9-18)14(16)19/h10-11H,1-9H2,(H2,16,19). The predicted molar refractivity (Wildman–Crippen MR) is 83.0 cm³/mol. The first-order valence-corrected chi connectivity index (χ1v) is 8.61. The number of thiazole rings is 1. The molecule has 1 saturated heterocycles. The number of rotatable bonds is 7. The topological polar surface area (TPSA) is 59.2 Å². The molecule has 1 unspecified atom stereocenters. The van der Waals surface area contributed by atoms with Gasteiger partial charge in [0.2, 0.25) is 5.91 Å². The Labute approximate surface area is 129 Å². The SMILES string of the molecule is NC(=O)C1CCCN(CCCCc2nc(CCl)cs2)C1. The summed E-state index contributed by atoms with van der Waals surface area (Å²) in [6.45, 7) is 2.98. The van der Waals surface area contributed by atoms with Gasteiger partial charge in [-0.3, -0.25) is 4.79 Å². The number of unbranched alkanes of at least 4 members (excludes halogenated alkanes) is 1. The molecule has 2 rings (SSSR count). The number of halogens is 1. The van der Waals surface area contributed by atoms with E-state index in [9.17, 15) is 4.79 Å². The Morgan fingerprint density at radius 1 is 1.55 bits per heavy atom. The van der Waals surface area contributed by atoms with Gasteiger partial charge in [0.05, 0.1) is 22.5 Å².